The van der Waals surface area contributed by atoms with E-state index in [1.165, 1.54) is 11.1 Å². The van der Waals surface area contributed by atoms with Crippen molar-refractivity contribution in [1.29, 1.82) is 0 Å². The summed E-state index contributed by atoms with van der Waals surface area (Å²) < 4.78 is 0. The number of rotatable bonds is 6. The summed E-state index contributed by atoms with van der Waals surface area (Å²) in [5.41, 5.74) is 4.25. The van der Waals surface area contributed by atoms with E-state index in [-0.39, 0.29) is 5.91 Å². The van der Waals surface area contributed by atoms with Crippen LogP contribution in [0.2, 0.25) is 0 Å². The van der Waals surface area contributed by atoms with E-state index in [9.17, 15) is 4.79 Å². The van der Waals surface area contributed by atoms with Crippen LogP contribution in [0.3, 0.4) is 0 Å². The van der Waals surface area contributed by atoms with Gasteiger partial charge in [-0.25, -0.2) is 0 Å². The van der Waals surface area contributed by atoms with E-state index in [1.54, 1.807) is 0 Å². The standard InChI is InChI=1S/C18H20ClNO/c1-14-5-2-7-16(11-14)13-18(21)20-17-9-3-6-15(12-17)8-4-10-19/h2-3,5-7,9,11-12H,4,8,10,13H2,1H3,(H,20,21). The fourth-order valence-corrected chi connectivity index (χ4v) is 2.42. The van der Waals surface area contributed by atoms with Crippen molar-refractivity contribution in [2.75, 3.05) is 11.2 Å². The van der Waals surface area contributed by atoms with Crippen LogP contribution in [0.4, 0.5) is 5.69 Å². The number of amides is 1. The van der Waals surface area contributed by atoms with Crippen molar-refractivity contribution in [3.63, 3.8) is 0 Å². The number of nitrogens with one attached hydrogen (secondary N) is 1. The van der Waals surface area contributed by atoms with Gasteiger partial charge in [0.1, 0.15) is 0 Å². The Kier molecular flexibility index (Phi) is 5.82. The Bertz CT molecular complexity index is 610. The number of hydrogen-bond acceptors (Lipinski definition) is 1. The molecule has 0 unspecified atom stereocenters. The fourth-order valence-electron chi connectivity index (χ4n) is 2.29. The minimum absolute atomic E-state index is 0.00935. The summed E-state index contributed by atoms with van der Waals surface area (Å²) in [5, 5.41) is 2.95. The van der Waals surface area contributed by atoms with Crippen molar-refractivity contribution in [3.8, 4) is 0 Å². The van der Waals surface area contributed by atoms with Gasteiger partial charge in [0, 0.05) is 11.6 Å². The second-order valence-electron chi connectivity index (χ2n) is 5.21. The van der Waals surface area contributed by atoms with Crippen LogP contribution in [-0.2, 0) is 17.6 Å². The van der Waals surface area contributed by atoms with Crippen molar-refractivity contribution >= 4 is 23.2 Å². The first-order valence-corrected chi connectivity index (χ1v) is 7.71. The summed E-state index contributed by atoms with van der Waals surface area (Å²) in [6.45, 7) is 2.03. The average molecular weight is 302 g/mol. The zero-order valence-electron chi connectivity index (χ0n) is 12.2. The molecule has 0 aliphatic heterocycles. The van der Waals surface area contributed by atoms with Crippen molar-refractivity contribution < 1.29 is 4.79 Å². The molecule has 21 heavy (non-hydrogen) atoms. The maximum Gasteiger partial charge on any atom is 0.228 e. The number of halogens is 1. The lowest BCUT2D eigenvalue weighted by Crippen LogP contribution is -2.14. The van der Waals surface area contributed by atoms with Crippen LogP contribution < -0.4 is 5.32 Å². The zero-order chi connectivity index (χ0) is 15.1. The summed E-state index contributed by atoms with van der Waals surface area (Å²) >= 11 is 5.71. The fraction of sp³-hybridized carbons (Fsp3) is 0.278. The normalized spacial score (nSPS) is 10.4. The Balaban J connectivity index is 1.96. The third kappa shape index (κ3) is 5.24. The lowest BCUT2D eigenvalue weighted by atomic mass is 10.1. The largest absolute Gasteiger partial charge is 0.326 e. The van der Waals surface area contributed by atoms with Gasteiger partial charge in [-0.15, -0.1) is 11.6 Å². The third-order valence-corrected chi connectivity index (χ3v) is 3.52. The number of anilines is 1. The minimum Gasteiger partial charge on any atom is -0.326 e. The van der Waals surface area contributed by atoms with E-state index in [4.69, 9.17) is 11.6 Å². The first-order chi connectivity index (χ1) is 10.2. The molecule has 1 amide bonds. The van der Waals surface area contributed by atoms with Crippen molar-refractivity contribution in [3.05, 3.63) is 65.2 Å². The zero-order valence-corrected chi connectivity index (χ0v) is 13.0. The molecule has 0 aromatic heterocycles. The van der Waals surface area contributed by atoms with Crippen LogP contribution in [0.15, 0.2) is 48.5 Å². The molecule has 2 aromatic rings. The van der Waals surface area contributed by atoms with Gasteiger partial charge in [-0.3, -0.25) is 4.79 Å². The van der Waals surface area contributed by atoms with Crippen LogP contribution in [-0.4, -0.2) is 11.8 Å². The maximum absolute atomic E-state index is 12.1. The Hall–Kier alpha value is -1.80. The number of carbonyl (C=O) groups is 1. The molecule has 0 radical (unpaired) electrons. The highest BCUT2D eigenvalue weighted by atomic mass is 35.5. The number of alkyl halides is 1. The molecule has 3 heteroatoms. The molecular formula is C18H20ClNO. The van der Waals surface area contributed by atoms with Gasteiger partial charge in [-0.2, -0.15) is 0 Å². The Labute approximate surface area is 131 Å². The summed E-state index contributed by atoms with van der Waals surface area (Å²) in [4.78, 5) is 12.1. The van der Waals surface area contributed by atoms with Crippen LogP contribution in [0, 0.1) is 6.92 Å². The van der Waals surface area contributed by atoms with Crippen molar-refractivity contribution in [1.82, 2.24) is 0 Å². The Morgan fingerprint density at radius 2 is 1.86 bits per heavy atom. The van der Waals surface area contributed by atoms with Crippen LogP contribution in [0.25, 0.3) is 0 Å². The highest BCUT2D eigenvalue weighted by Crippen LogP contribution is 2.13. The predicted octanol–water partition coefficient (Wildman–Crippen LogP) is 4.35. The summed E-state index contributed by atoms with van der Waals surface area (Å²) in [5.74, 6) is 0.666. The molecule has 110 valence electrons. The molecule has 0 aliphatic carbocycles. The number of carbonyl (C=O) groups excluding carboxylic acids is 1. The predicted molar refractivity (Wildman–Crippen MR) is 89.0 cm³/mol. The number of aryl methyl sites for hydroxylation is 2. The highest BCUT2D eigenvalue weighted by molar-refractivity contribution is 6.17. The first-order valence-electron chi connectivity index (χ1n) is 7.17. The molecule has 2 aromatic carbocycles. The monoisotopic (exact) mass is 301 g/mol. The topological polar surface area (TPSA) is 29.1 Å². The van der Waals surface area contributed by atoms with Gasteiger partial charge in [0.25, 0.3) is 0 Å². The van der Waals surface area contributed by atoms with Gasteiger partial charge in [0.2, 0.25) is 5.91 Å². The minimum atomic E-state index is 0.00935. The van der Waals surface area contributed by atoms with Crippen LogP contribution in [0.1, 0.15) is 23.1 Å². The quantitative estimate of drug-likeness (QED) is 0.790. The van der Waals surface area contributed by atoms with E-state index in [0.29, 0.717) is 12.3 Å². The second-order valence-corrected chi connectivity index (χ2v) is 5.58. The maximum atomic E-state index is 12.1. The van der Waals surface area contributed by atoms with Gasteiger partial charge in [-0.05, 0) is 43.0 Å². The molecule has 1 N–H and O–H groups in total. The molecule has 0 aliphatic rings. The first kappa shape index (κ1) is 15.6. The molecule has 0 bridgehead atoms. The van der Waals surface area contributed by atoms with Crippen LogP contribution in [0.5, 0.6) is 0 Å². The van der Waals surface area contributed by atoms with E-state index >= 15 is 0 Å². The lowest BCUT2D eigenvalue weighted by Gasteiger charge is -2.08. The average Bonchev–Trinajstić information content (AvgIpc) is 2.45. The van der Waals surface area contributed by atoms with Crippen LogP contribution >= 0.6 is 11.6 Å². The van der Waals surface area contributed by atoms with Gasteiger partial charge in [-0.1, -0.05) is 42.0 Å². The smallest absolute Gasteiger partial charge is 0.228 e. The molecule has 0 heterocycles. The van der Waals surface area contributed by atoms with Gasteiger partial charge < -0.3 is 5.32 Å². The van der Waals surface area contributed by atoms with E-state index in [0.717, 1.165) is 24.1 Å². The van der Waals surface area contributed by atoms with E-state index < -0.39 is 0 Å². The van der Waals surface area contributed by atoms with Crippen molar-refractivity contribution in [2.45, 2.75) is 26.2 Å². The summed E-state index contributed by atoms with van der Waals surface area (Å²) in [7, 11) is 0. The van der Waals surface area contributed by atoms with E-state index in [1.807, 2.05) is 49.4 Å². The highest BCUT2D eigenvalue weighted by Gasteiger charge is 2.05. The molecule has 0 saturated carbocycles. The molecule has 0 saturated heterocycles. The lowest BCUT2D eigenvalue weighted by molar-refractivity contribution is -0.115. The second kappa shape index (κ2) is 7.84. The Morgan fingerprint density at radius 3 is 2.62 bits per heavy atom. The molecule has 2 rings (SSSR count). The summed E-state index contributed by atoms with van der Waals surface area (Å²) in [6.07, 6.45) is 2.28. The number of benzene rings is 2. The molecular weight excluding hydrogens is 282 g/mol. The van der Waals surface area contributed by atoms with Gasteiger partial charge in [0.05, 0.1) is 6.42 Å². The molecule has 0 fully saturated rings. The third-order valence-electron chi connectivity index (χ3n) is 3.26. The Morgan fingerprint density at radius 1 is 1.10 bits per heavy atom. The van der Waals surface area contributed by atoms with E-state index in [2.05, 4.69) is 11.4 Å². The molecule has 0 spiro atoms. The molecule has 2 nitrogen and oxygen atoms in total. The SMILES string of the molecule is Cc1cccc(CC(=O)Nc2cccc(CCCCl)c2)c1. The number of hydrogen-bond donors (Lipinski definition) is 1. The molecule has 0 atom stereocenters. The van der Waals surface area contributed by atoms with Crippen molar-refractivity contribution in [2.24, 2.45) is 0 Å². The summed E-state index contributed by atoms with van der Waals surface area (Å²) in [6, 6.07) is 16.0. The van der Waals surface area contributed by atoms with Gasteiger partial charge >= 0.3 is 0 Å². The van der Waals surface area contributed by atoms with Gasteiger partial charge in [0.15, 0.2) is 0 Å².